The van der Waals surface area contributed by atoms with E-state index >= 15 is 0 Å². The second-order valence-corrected chi connectivity index (χ2v) is 7.14. The second-order valence-electron chi connectivity index (χ2n) is 6.02. The smallest absolute Gasteiger partial charge is 0.225 e. The Morgan fingerprint density at radius 2 is 1.81 bits per heavy atom. The Bertz CT molecular complexity index is 897. The molecule has 0 fully saturated rings. The minimum Gasteiger partial charge on any atom is -0.326 e. The molecular weight excluding hydrogens is 342 g/mol. The highest BCUT2D eigenvalue weighted by atomic mass is 32.2. The SMILES string of the molecule is Cc1cccc(NC(=O)CCSc2cc(-c3ccccc3)nc(C)n2)c1. The number of rotatable bonds is 6. The fourth-order valence-electron chi connectivity index (χ4n) is 2.57. The summed E-state index contributed by atoms with van der Waals surface area (Å²) >= 11 is 1.57. The maximum absolute atomic E-state index is 12.1. The van der Waals surface area contributed by atoms with Crippen molar-refractivity contribution in [2.24, 2.45) is 0 Å². The van der Waals surface area contributed by atoms with Crippen LogP contribution in [-0.4, -0.2) is 21.6 Å². The largest absolute Gasteiger partial charge is 0.326 e. The predicted molar refractivity (Wildman–Crippen MR) is 107 cm³/mol. The van der Waals surface area contributed by atoms with Crippen LogP contribution in [0, 0.1) is 13.8 Å². The van der Waals surface area contributed by atoms with Gasteiger partial charge >= 0.3 is 0 Å². The average molecular weight is 363 g/mol. The zero-order chi connectivity index (χ0) is 18.4. The first-order chi connectivity index (χ1) is 12.6. The number of aryl methyl sites for hydroxylation is 2. The molecule has 1 amide bonds. The van der Waals surface area contributed by atoms with Gasteiger partial charge in [-0.25, -0.2) is 9.97 Å². The Hall–Kier alpha value is -2.66. The van der Waals surface area contributed by atoms with Crippen LogP contribution in [0.15, 0.2) is 65.7 Å². The van der Waals surface area contributed by atoms with Gasteiger partial charge in [-0.1, -0.05) is 42.5 Å². The van der Waals surface area contributed by atoms with Gasteiger partial charge in [0.15, 0.2) is 0 Å². The van der Waals surface area contributed by atoms with Crippen molar-refractivity contribution in [1.82, 2.24) is 9.97 Å². The monoisotopic (exact) mass is 363 g/mol. The van der Waals surface area contributed by atoms with Crippen molar-refractivity contribution in [3.63, 3.8) is 0 Å². The van der Waals surface area contributed by atoms with Crippen molar-refractivity contribution in [2.45, 2.75) is 25.3 Å². The summed E-state index contributed by atoms with van der Waals surface area (Å²) in [6, 6.07) is 19.8. The normalized spacial score (nSPS) is 10.5. The Balaban J connectivity index is 1.58. The Morgan fingerprint density at radius 3 is 2.58 bits per heavy atom. The van der Waals surface area contributed by atoms with E-state index in [1.165, 1.54) is 0 Å². The standard InChI is InChI=1S/C21H21N3OS/c1-15-7-6-10-18(13-15)24-20(25)11-12-26-21-14-19(22-16(2)23-21)17-8-4-3-5-9-17/h3-10,13-14H,11-12H2,1-2H3,(H,24,25). The van der Waals surface area contributed by atoms with Crippen molar-refractivity contribution in [3.05, 3.63) is 72.1 Å². The first kappa shape index (κ1) is 18.1. The van der Waals surface area contributed by atoms with Crippen molar-refractivity contribution in [3.8, 4) is 11.3 Å². The summed E-state index contributed by atoms with van der Waals surface area (Å²) in [6.45, 7) is 3.90. The lowest BCUT2D eigenvalue weighted by Crippen LogP contribution is -2.12. The van der Waals surface area contributed by atoms with Gasteiger partial charge in [-0.05, 0) is 37.6 Å². The van der Waals surface area contributed by atoms with Gasteiger partial charge in [-0.2, -0.15) is 0 Å². The third-order valence-corrected chi connectivity index (χ3v) is 4.68. The van der Waals surface area contributed by atoms with E-state index in [4.69, 9.17) is 0 Å². The number of nitrogens with one attached hydrogen (secondary N) is 1. The zero-order valence-electron chi connectivity index (χ0n) is 14.9. The number of nitrogens with zero attached hydrogens (tertiary/aromatic N) is 2. The van der Waals surface area contributed by atoms with E-state index in [0.717, 1.165) is 33.4 Å². The quantitative estimate of drug-likeness (QED) is 0.501. The molecule has 0 unspecified atom stereocenters. The zero-order valence-corrected chi connectivity index (χ0v) is 15.7. The third kappa shape index (κ3) is 5.17. The molecule has 0 bridgehead atoms. The van der Waals surface area contributed by atoms with E-state index in [1.807, 2.05) is 74.5 Å². The summed E-state index contributed by atoms with van der Waals surface area (Å²) in [5.41, 5.74) is 3.94. The third-order valence-electron chi connectivity index (χ3n) is 3.76. The number of benzene rings is 2. The molecule has 4 nitrogen and oxygen atoms in total. The van der Waals surface area contributed by atoms with E-state index in [2.05, 4.69) is 15.3 Å². The number of hydrogen-bond donors (Lipinski definition) is 1. The van der Waals surface area contributed by atoms with Crippen molar-refractivity contribution >= 4 is 23.4 Å². The summed E-state index contributed by atoms with van der Waals surface area (Å²) < 4.78 is 0. The van der Waals surface area contributed by atoms with Crippen molar-refractivity contribution in [1.29, 1.82) is 0 Å². The lowest BCUT2D eigenvalue weighted by molar-refractivity contribution is -0.115. The van der Waals surface area contributed by atoms with Crippen LogP contribution >= 0.6 is 11.8 Å². The first-order valence-corrected chi connectivity index (χ1v) is 9.49. The average Bonchev–Trinajstić information content (AvgIpc) is 2.62. The molecule has 1 aromatic heterocycles. The molecule has 1 N–H and O–H groups in total. The van der Waals surface area contributed by atoms with Crippen molar-refractivity contribution < 1.29 is 4.79 Å². The number of hydrogen-bond acceptors (Lipinski definition) is 4. The fourth-order valence-corrected chi connectivity index (χ4v) is 3.45. The topological polar surface area (TPSA) is 54.9 Å². The number of carbonyl (C=O) groups is 1. The minimum atomic E-state index is 0.0113. The molecule has 0 aliphatic carbocycles. The van der Waals surface area contributed by atoms with Gasteiger partial charge in [0.05, 0.1) is 5.69 Å². The highest BCUT2D eigenvalue weighted by Gasteiger charge is 2.07. The van der Waals surface area contributed by atoms with Crippen LogP contribution in [0.2, 0.25) is 0 Å². The molecule has 2 aromatic carbocycles. The molecule has 5 heteroatoms. The Labute approximate surface area is 158 Å². The lowest BCUT2D eigenvalue weighted by Gasteiger charge is -2.07. The molecule has 132 valence electrons. The fraction of sp³-hybridized carbons (Fsp3) is 0.190. The molecule has 0 spiro atoms. The highest BCUT2D eigenvalue weighted by Crippen LogP contribution is 2.23. The van der Waals surface area contributed by atoms with Crippen LogP contribution in [0.3, 0.4) is 0 Å². The van der Waals surface area contributed by atoms with Gasteiger partial charge < -0.3 is 5.32 Å². The molecule has 0 atom stereocenters. The van der Waals surface area contributed by atoms with Gasteiger partial charge in [0, 0.05) is 23.4 Å². The van der Waals surface area contributed by atoms with Crippen LogP contribution in [0.25, 0.3) is 11.3 Å². The van der Waals surface area contributed by atoms with Gasteiger partial charge in [-0.15, -0.1) is 11.8 Å². The summed E-state index contributed by atoms with van der Waals surface area (Å²) in [7, 11) is 0. The molecule has 0 saturated heterocycles. The number of anilines is 1. The van der Waals surface area contributed by atoms with Crippen LogP contribution < -0.4 is 5.32 Å². The Kier molecular flexibility index (Phi) is 6.02. The molecule has 0 aliphatic heterocycles. The number of thioether (sulfide) groups is 1. The molecule has 0 radical (unpaired) electrons. The van der Waals surface area contributed by atoms with Crippen LogP contribution in [0.4, 0.5) is 5.69 Å². The lowest BCUT2D eigenvalue weighted by atomic mass is 10.1. The Morgan fingerprint density at radius 1 is 1.00 bits per heavy atom. The predicted octanol–water partition coefficient (Wildman–Crippen LogP) is 4.88. The van der Waals surface area contributed by atoms with Gasteiger partial charge in [-0.3, -0.25) is 4.79 Å². The second kappa shape index (κ2) is 8.63. The minimum absolute atomic E-state index is 0.0113. The van der Waals surface area contributed by atoms with E-state index in [1.54, 1.807) is 11.8 Å². The summed E-state index contributed by atoms with van der Waals surface area (Å²) in [5, 5.41) is 3.82. The highest BCUT2D eigenvalue weighted by molar-refractivity contribution is 7.99. The number of carbonyl (C=O) groups excluding carboxylic acids is 1. The van der Waals surface area contributed by atoms with E-state index in [-0.39, 0.29) is 5.91 Å². The van der Waals surface area contributed by atoms with Crippen LogP contribution in [0.5, 0.6) is 0 Å². The van der Waals surface area contributed by atoms with E-state index in [0.29, 0.717) is 12.2 Å². The maximum Gasteiger partial charge on any atom is 0.225 e. The van der Waals surface area contributed by atoms with Crippen LogP contribution in [0.1, 0.15) is 17.8 Å². The number of amides is 1. The van der Waals surface area contributed by atoms with E-state index < -0.39 is 0 Å². The van der Waals surface area contributed by atoms with Crippen LogP contribution in [-0.2, 0) is 4.79 Å². The summed E-state index contributed by atoms with van der Waals surface area (Å²) in [4.78, 5) is 21.1. The molecule has 3 aromatic rings. The molecule has 0 aliphatic rings. The van der Waals surface area contributed by atoms with Crippen molar-refractivity contribution in [2.75, 3.05) is 11.1 Å². The van der Waals surface area contributed by atoms with E-state index in [9.17, 15) is 4.79 Å². The maximum atomic E-state index is 12.1. The molecular formula is C21H21N3OS. The number of aromatic nitrogens is 2. The first-order valence-electron chi connectivity index (χ1n) is 8.50. The van der Waals surface area contributed by atoms with Gasteiger partial charge in [0.2, 0.25) is 5.91 Å². The summed E-state index contributed by atoms with van der Waals surface area (Å²) in [5.74, 6) is 1.41. The molecule has 26 heavy (non-hydrogen) atoms. The van der Waals surface area contributed by atoms with Gasteiger partial charge in [0.1, 0.15) is 10.9 Å². The molecule has 0 saturated carbocycles. The molecule has 3 rings (SSSR count). The molecule has 1 heterocycles. The van der Waals surface area contributed by atoms with Gasteiger partial charge in [0.25, 0.3) is 0 Å². The summed E-state index contributed by atoms with van der Waals surface area (Å²) in [6.07, 6.45) is 0.433.